The highest BCUT2D eigenvalue weighted by atomic mass is 16.5. The van der Waals surface area contributed by atoms with Crippen molar-refractivity contribution in [1.29, 1.82) is 0 Å². The lowest BCUT2D eigenvalue weighted by atomic mass is 10.0. The topological polar surface area (TPSA) is 95.9 Å². The molecule has 0 aromatic heterocycles. The first-order valence-electron chi connectivity index (χ1n) is 28.1. The van der Waals surface area contributed by atoms with Crippen molar-refractivity contribution in [2.24, 2.45) is 0 Å². The molecule has 6 nitrogen and oxygen atoms in total. The van der Waals surface area contributed by atoms with Crippen molar-refractivity contribution < 1.29 is 24.5 Å². The number of esters is 1. The van der Waals surface area contributed by atoms with Crippen molar-refractivity contribution in [2.75, 3.05) is 13.2 Å². The van der Waals surface area contributed by atoms with E-state index in [4.69, 9.17) is 4.74 Å². The number of aliphatic hydroxyl groups is 2. The SMILES string of the molecule is CCCCCC/C=C\C/C=C\CCCCCCCCCC(=O)OCCCCCCCCCCCCCCCC(=O)NC(CO)C(O)CCCCCCCCCCCCCCCCC. The minimum atomic E-state index is -0.673. The fourth-order valence-corrected chi connectivity index (χ4v) is 8.67. The summed E-state index contributed by atoms with van der Waals surface area (Å²) in [6.07, 6.45) is 62.9. The van der Waals surface area contributed by atoms with Gasteiger partial charge in [-0.2, -0.15) is 0 Å². The van der Waals surface area contributed by atoms with E-state index in [0.717, 1.165) is 57.8 Å². The minimum absolute atomic E-state index is 0.0124. The third kappa shape index (κ3) is 49.6. The zero-order valence-electron chi connectivity index (χ0n) is 42.3. The lowest BCUT2D eigenvalue weighted by Crippen LogP contribution is -2.45. The molecule has 1 amide bonds. The molecule has 0 radical (unpaired) electrons. The highest BCUT2D eigenvalue weighted by Gasteiger charge is 2.20. The van der Waals surface area contributed by atoms with E-state index < -0.39 is 12.1 Å². The normalized spacial score (nSPS) is 12.8. The van der Waals surface area contributed by atoms with Gasteiger partial charge in [-0.1, -0.05) is 256 Å². The number of ether oxygens (including phenoxy) is 1. The lowest BCUT2D eigenvalue weighted by Gasteiger charge is -2.22. The molecule has 372 valence electrons. The molecule has 0 aliphatic rings. The average Bonchev–Trinajstić information content (AvgIpc) is 3.28. The molecule has 0 saturated heterocycles. The van der Waals surface area contributed by atoms with Crippen LogP contribution < -0.4 is 5.32 Å². The lowest BCUT2D eigenvalue weighted by molar-refractivity contribution is -0.143. The van der Waals surface area contributed by atoms with Gasteiger partial charge in [-0.15, -0.1) is 0 Å². The van der Waals surface area contributed by atoms with Gasteiger partial charge in [-0.05, 0) is 57.8 Å². The first kappa shape index (κ1) is 61.3. The molecular weight excluding hydrogens is 779 g/mol. The summed E-state index contributed by atoms with van der Waals surface area (Å²) < 4.78 is 5.48. The molecule has 3 N–H and O–H groups in total. The van der Waals surface area contributed by atoms with Crippen molar-refractivity contribution in [2.45, 2.75) is 315 Å². The zero-order valence-corrected chi connectivity index (χ0v) is 42.3. The van der Waals surface area contributed by atoms with E-state index in [1.165, 1.54) is 212 Å². The van der Waals surface area contributed by atoms with E-state index in [2.05, 4.69) is 43.5 Å². The molecule has 63 heavy (non-hydrogen) atoms. The third-order valence-electron chi connectivity index (χ3n) is 13.0. The van der Waals surface area contributed by atoms with Crippen molar-refractivity contribution in [3.8, 4) is 0 Å². The Bertz CT molecular complexity index is 982. The monoisotopic (exact) mass is 888 g/mol. The fraction of sp³-hybridized carbons (Fsp3) is 0.895. The highest BCUT2D eigenvalue weighted by molar-refractivity contribution is 5.76. The Morgan fingerprint density at radius 3 is 1.22 bits per heavy atom. The van der Waals surface area contributed by atoms with Gasteiger partial charge in [-0.3, -0.25) is 9.59 Å². The number of nitrogens with one attached hydrogen (secondary N) is 1. The predicted octanol–water partition coefficient (Wildman–Crippen LogP) is 17.1. The fourth-order valence-electron chi connectivity index (χ4n) is 8.67. The quantitative estimate of drug-likeness (QED) is 0.0321. The zero-order chi connectivity index (χ0) is 45.8. The number of amides is 1. The predicted molar refractivity (Wildman–Crippen MR) is 273 cm³/mol. The van der Waals surface area contributed by atoms with Crippen molar-refractivity contribution in [1.82, 2.24) is 5.32 Å². The van der Waals surface area contributed by atoms with Crippen LogP contribution in [0.1, 0.15) is 303 Å². The van der Waals surface area contributed by atoms with Crippen LogP contribution in [0.25, 0.3) is 0 Å². The second kappa shape index (κ2) is 53.0. The Hall–Kier alpha value is -1.66. The van der Waals surface area contributed by atoms with Crippen LogP contribution in [0.2, 0.25) is 0 Å². The van der Waals surface area contributed by atoms with Gasteiger partial charge in [0, 0.05) is 12.8 Å². The molecule has 0 aromatic carbocycles. The van der Waals surface area contributed by atoms with Crippen LogP contribution in [0.3, 0.4) is 0 Å². The van der Waals surface area contributed by atoms with Crippen molar-refractivity contribution in [3.05, 3.63) is 24.3 Å². The molecule has 0 aromatic rings. The van der Waals surface area contributed by atoms with Crippen LogP contribution in [0.5, 0.6) is 0 Å². The van der Waals surface area contributed by atoms with Crippen LogP contribution in [-0.2, 0) is 14.3 Å². The Kier molecular flexibility index (Phi) is 51.6. The smallest absolute Gasteiger partial charge is 0.305 e. The number of carbonyl (C=O) groups excluding carboxylic acids is 2. The molecule has 6 heteroatoms. The second-order valence-electron chi connectivity index (χ2n) is 19.3. The van der Waals surface area contributed by atoms with E-state index in [-0.39, 0.29) is 18.5 Å². The summed E-state index contributed by atoms with van der Waals surface area (Å²) in [6.45, 7) is 4.92. The number of rotatable bonds is 52. The van der Waals surface area contributed by atoms with Crippen LogP contribution in [0, 0.1) is 0 Å². The van der Waals surface area contributed by atoms with Gasteiger partial charge in [-0.25, -0.2) is 0 Å². The standard InChI is InChI=1S/C57H109NO5/c1-3-5-7-9-11-13-15-17-19-20-21-23-27-31-35-39-43-47-51-57(62)63-52-48-44-40-36-32-28-24-26-30-34-38-42-46-50-56(61)58-54(53-59)55(60)49-45-41-37-33-29-25-22-18-16-14-12-10-8-6-4-2/h13,15,19-20,54-55,59-60H,3-12,14,16-18,21-53H2,1-2H3,(H,58,61)/b15-13-,20-19-. The molecule has 0 rings (SSSR count). The van der Waals surface area contributed by atoms with Gasteiger partial charge in [0.15, 0.2) is 0 Å². The number of unbranched alkanes of at least 4 members (excludes halogenated alkanes) is 37. The molecule has 0 aliphatic heterocycles. The maximum Gasteiger partial charge on any atom is 0.305 e. The Morgan fingerprint density at radius 1 is 0.444 bits per heavy atom. The molecule has 0 heterocycles. The van der Waals surface area contributed by atoms with E-state index >= 15 is 0 Å². The molecule has 2 atom stereocenters. The molecule has 0 spiro atoms. The number of carbonyl (C=O) groups is 2. The van der Waals surface area contributed by atoms with Crippen LogP contribution in [-0.4, -0.2) is 47.4 Å². The van der Waals surface area contributed by atoms with E-state index in [1.807, 2.05) is 0 Å². The van der Waals surface area contributed by atoms with E-state index in [0.29, 0.717) is 25.9 Å². The van der Waals surface area contributed by atoms with Crippen LogP contribution in [0.4, 0.5) is 0 Å². The van der Waals surface area contributed by atoms with Gasteiger partial charge >= 0.3 is 5.97 Å². The van der Waals surface area contributed by atoms with Crippen molar-refractivity contribution >= 4 is 11.9 Å². The Balaban J connectivity index is 3.44. The number of aliphatic hydroxyl groups excluding tert-OH is 2. The average molecular weight is 889 g/mol. The largest absolute Gasteiger partial charge is 0.466 e. The van der Waals surface area contributed by atoms with Gasteiger partial charge < -0.3 is 20.3 Å². The summed E-state index contributed by atoms with van der Waals surface area (Å²) >= 11 is 0. The van der Waals surface area contributed by atoms with Crippen LogP contribution in [0.15, 0.2) is 24.3 Å². The Morgan fingerprint density at radius 2 is 0.794 bits per heavy atom. The van der Waals surface area contributed by atoms with Crippen molar-refractivity contribution in [3.63, 3.8) is 0 Å². The molecular formula is C57H109NO5. The molecule has 0 fully saturated rings. The summed E-state index contributed by atoms with van der Waals surface area (Å²) in [6, 6.07) is -0.551. The van der Waals surface area contributed by atoms with Crippen LogP contribution >= 0.6 is 0 Å². The minimum Gasteiger partial charge on any atom is -0.466 e. The van der Waals surface area contributed by atoms with E-state index in [1.54, 1.807) is 0 Å². The van der Waals surface area contributed by atoms with E-state index in [9.17, 15) is 19.8 Å². The summed E-state index contributed by atoms with van der Waals surface area (Å²) in [5, 5.41) is 23.2. The number of allylic oxidation sites excluding steroid dienone is 4. The van der Waals surface area contributed by atoms with Gasteiger partial charge in [0.2, 0.25) is 5.91 Å². The molecule has 0 aliphatic carbocycles. The summed E-state index contributed by atoms with van der Waals surface area (Å²) in [5.41, 5.74) is 0. The molecule has 2 unspecified atom stereocenters. The first-order valence-corrected chi connectivity index (χ1v) is 28.1. The molecule has 0 saturated carbocycles. The molecule has 0 bridgehead atoms. The summed E-state index contributed by atoms with van der Waals surface area (Å²) in [7, 11) is 0. The maximum absolute atomic E-state index is 12.5. The van der Waals surface area contributed by atoms with Gasteiger partial charge in [0.05, 0.1) is 25.4 Å². The number of hydrogen-bond donors (Lipinski definition) is 3. The summed E-state index contributed by atoms with van der Waals surface area (Å²) in [4.78, 5) is 24.5. The van der Waals surface area contributed by atoms with Gasteiger partial charge in [0.1, 0.15) is 0 Å². The highest BCUT2D eigenvalue weighted by Crippen LogP contribution is 2.17. The number of hydrogen-bond acceptors (Lipinski definition) is 5. The third-order valence-corrected chi connectivity index (χ3v) is 13.0. The van der Waals surface area contributed by atoms with Gasteiger partial charge in [0.25, 0.3) is 0 Å². The Labute approximate surface area is 392 Å². The first-order chi connectivity index (χ1) is 31.0. The summed E-state index contributed by atoms with van der Waals surface area (Å²) in [5.74, 6) is -0.0594. The second-order valence-corrected chi connectivity index (χ2v) is 19.3. The maximum atomic E-state index is 12.5.